The van der Waals surface area contributed by atoms with Crippen LogP contribution in [0.4, 0.5) is 0 Å². The minimum absolute atomic E-state index is 0.618. The van der Waals surface area contributed by atoms with Crippen LogP contribution in [0.1, 0.15) is 12.5 Å². The van der Waals surface area contributed by atoms with Crippen molar-refractivity contribution in [2.24, 2.45) is 4.99 Å². The van der Waals surface area contributed by atoms with E-state index >= 15 is 0 Å². The fraction of sp³-hybridized carbons (Fsp3) is 0.533. The molecule has 7 heteroatoms. The van der Waals surface area contributed by atoms with Gasteiger partial charge in [0.25, 0.3) is 0 Å². The fourth-order valence-electron chi connectivity index (χ4n) is 1.87. The number of nitrogens with zero attached hydrogens (tertiary/aromatic N) is 1. The van der Waals surface area contributed by atoms with E-state index in [9.17, 15) is 0 Å². The van der Waals surface area contributed by atoms with Crippen molar-refractivity contribution in [3.8, 4) is 11.5 Å². The molecule has 0 aliphatic carbocycles. The predicted octanol–water partition coefficient (Wildman–Crippen LogP) is 2.17. The first-order valence-corrected chi connectivity index (χ1v) is 7.88. The molecule has 2 N–H and O–H groups in total. The molecule has 0 bridgehead atoms. The number of aliphatic imine (C=N–C) groups is 1. The molecule has 0 aromatic heterocycles. The van der Waals surface area contributed by atoms with Crippen molar-refractivity contribution in [3.05, 3.63) is 22.2 Å². The average Bonchev–Trinajstić information content (AvgIpc) is 2.53. The van der Waals surface area contributed by atoms with E-state index < -0.39 is 0 Å². The van der Waals surface area contributed by atoms with Crippen molar-refractivity contribution < 1.29 is 14.2 Å². The molecular formula is C15H24BrN3O3. The average molecular weight is 374 g/mol. The highest BCUT2D eigenvalue weighted by molar-refractivity contribution is 9.10. The number of rotatable bonds is 8. The highest BCUT2D eigenvalue weighted by Gasteiger charge is 2.10. The first kappa shape index (κ1) is 18.6. The highest BCUT2D eigenvalue weighted by atomic mass is 79.9. The van der Waals surface area contributed by atoms with Crippen LogP contribution in [0.3, 0.4) is 0 Å². The summed E-state index contributed by atoms with van der Waals surface area (Å²) in [7, 11) is 4.97. The molecular weight excluding hydrogens is 350 g/mol. The number of methoxy groups -OCH3 is 2. The summed E-state index contributed by atoms with van der Waals surface area (Å²) in [6, 6.07) is 3.92. The lowest BCUT2D eigenvalue weighted by molar-refractivity contribution is 0.152. The Morgan fingerprint density at radius 1 is 1.23 bits per heavy atom. The van der Waals surface area contributed by atoms with Crippen LogP contribution in [0.25, 0.3) is 0 Å². The summed E-state index contributed by atoms with van der Waals surface area (Å²) < 4.78 is 16.8. The Morgan fingerprint density at radius 2 is 2.00 bits per heavy atom. The van der Waals surface area contributed by atoms with E-state index in [4.69, 9.17) is 14.2 Å². The number of hydrogen-bond acceptors (Lipinski definition) is 4. The van der Waals surface area contributed by atoms with E-state index in [1.807, 2.05) is 19.1 Å². The Labute approximate surface area is 140 Å². The molecule has 1 aromatic carbocycles. The molecule has 22 heavy (non-hydrogen) atoms. The van der Waals surface area contributed by atoms with Gasteiger partial charge in [0.2, 0.25) is 0 Å². The van der Waals surface area contributed by atoms with Crippen molar-refractivity contribution in [1.29, 1.82) is 0 Å². The Kier molecular flexibility index (Phi) is 8.69. The maximum absolute atomic E-state index is 5.34. The number of benzene rings is 1. The van der Waals surface area contributed by atoms with Crippen LogP contribution in [-0.2, 0) is 11.3 Å². The van der Waals surface area contributed by atoms with Crippen LogP contribution in [0.5, 0.6) is 11.5 Å². The van der Waals surface area contributed by atoms with Crippen LogP contribution in [-0.4, -0.2) is 47.0 Å². The standard InChI is InChI=1S/C15H24BrN3O3/c1-5-22-7-6-18-15(17-2)19-10-11-8-12(16)14(21-4)13(9-11)20-3/h8-9H,5-7,10H2,1-4H3,(H2,17,18,19). The molecule has 124 valence electrons. The quantitative estimate of drug-likeness (QED) is 0.415. The van der Waals surface area contributed by atoms with Gasteiger partial charge >= 0.3 is 0 Å². The molecule has 1 rings (SSSR count). The summed E-state index contributed by atoms with van der Waals surface area (Å²) in [6.45, 7) is 4.67. The van der Waals surface area contributed by atoms with E-state index in [-0.39, 0.29) is 0 Å². The third kappa shape index (κ3) is 5.73. The third-order valence-corrected chi connectivity index (χ3v) is 3.51. The molecule has 0 aliphatic rings. The molecule has 0 aliphatic heterocycles. The zero-order chi connectivity index (χ0) is 16.4. The number of nitrogens with one attached hydrogen (secondary N) is 2. The van der Waals surface area contributed by atoms with Gasteiger partial charge in [0, 0.05) is 26.7 Å². The van der Waals surface area contributed by atoms with E-state index in [1.54, 1.807) is 21.3 Å². The normalized spacial score (nSPS) is 11.2. The molecule has 0 fully saturated rings. The number of hydrogen-bond donors (Lipinski definition) is 2. The Balaban J connectivity index is 2.61. The van der Waals surface area contributed by atoms with Gasteiger partial charge in [-0.1, -0.05) is 0 Å². The summed E-state index contributed by atoms with van der Waals surface area (Å²) in [4.78, 5) is 4.17. The molecule has 0 spiro atoms. The van der Waals surface area contributed by atoms with E-state index in [2.05, 4.69) is 31.6 Å². The van der Waals surface area contributed by atoms with Gasteiger partial charge in [-0.2, -0.15) is 0 Å². The molecule has 0 radical (unpaired) electrons. The Hall–Kier alpha value is -1.47. The van der Waals surface area contributed by atoms with Gasteiger partial charge in [-0.15, -0.1) is 0 Å². The van der Waals surface area contributed by atoms with E-state index in [0.29, 0.717) is 37.8 Å². The second kappa shape index (κ2) is 10.3. The van der Waals surface area contributed by atoms with Crippen LogP contribution in [0.2, 0.25) is 0 Å². The molecule has 0 amide bonds. The first-order valence-electron chi connectivity index (χ1n) is 7.08. The largest absolute Gasteiger partial charge is 0.493 e. The second-order valence-electron chi connectivity index (χ2n) is 4.36. The molecule has 6 nitrogen and oxygen atoms in total. The number of ether oxygens (including phenoxy) is 3. The van der Waals surface area contributed by atoms with Gasteiger partial charge in [-0.25, -0.2) is 0 Å². The lowest BCUT2D eigenvalue weighted by atomic mass is 10.2. The lowest BCUT2D eigenvalue weighted by Gasteiger charge is -2.14. The Morgan fingerprint density at radius 3 is 2.59 bits per heavy atom. The maximum Gasteiger partial charge on any atom is 0.191 e. The van der Waals surface area contributed by atoms with Gasteiger partial charge in [0.15, 0.2) is 17.5 Å². The molecule has 1 aromatic rings. The summed E-state index contributed by atoms with van der Waals surface area (Å²) in [5.74, 6) is 2.10. The predicted molar refractivity (Wildman–Crippen MR) is 91.9 cm³/mol. The summed E-state index contributed by atoms with van der Waals surface area (Å²) in [5.41, 5.74) is 1.05. The highest BCUT2D eigenvalue weighted by Crippen LogP contribution is 2.36. The maximum atomic E-state index is 5.34. The molecule has 0 unspecified atom stereocenters. The molecule has 0 saturated carbocycles. The first-order chi connectivity index (χ1) is 10.7. The van der Waals surface area contributed by atoms with Gasteiger partial charge in [-0.3, -0.25) is 4.99 Å². The van der Waals surface area contributed by atoms with Crippen LogP contribution in [0, 0.1) is 0 Å². The zero-order valence-corrected chi connectivity index (χ0v) is 15.1. The Bertz CT molecular complexity index is 495. The van der Waals surface area contributed by atoms with Gasteiger partial charge in [0.1, 0.15) is 0 Å². The van der Waals surface area contributed by atoms with Crippen molar-refractivity contribution in [3.63, 3.8) is 0 Å². The number of guanidine groups is 1. The van der Waals surface area contributed by atoms with Crippen LogP contribution in [0.15, 0.2) is 21.6 Å². The van der Waals surface area contributed by atoms with Crippen LogP contribution >= 0.6 is 15.9 Å². The smallest absolute Gasteiger partial charge is 0.191 e. The minimum atomic E-state index is 0.618. The minimum Gasteiger partial charge on any atom is -0.493 e. The molecule has 0 heterocycles. The zero-order valence-electron chi connectivity index (χ0n) is 13.5. The fourth-order valence-corrected chi connectivity index (χ4v) is 2.52. The number of halogens is 1. The topological polar surface area (TPSA) is 64.1 Å². The molecule has 0 saturated heterocycles. The monoisotopic (exact) mass is 373 g/mol. The van der Waals surface area contributed by atoms with E-state index in [0.717, 1.165) is 16.0 Å². The summed E-state index contributed by atoms with van der Waals surface area (Å²) in [6.07, 6.45) is 0. The van der Waals surface area contributed by atoms with Gasteiger partial charge in [-0.05, 0) is 40.5 Å². The third-order valence-electron chi connectivity index (χ3n) is 2.92. The lowest BCUT2D eigenvalue weighted by Crippen LogP contribution is -2.38. The second-order valence-corrected chi connectivity index (χ2v) is 5.22. The van der Waals surface area contributed by atoms with Crippen LogP contribution < -0.4 is 20.1 Å². The summed E-state index contributed by atoms with van der Waals surface area (Å²) in [5, 5.41) is 6.43. The van der Waals surface area contributed by atoms with Gasteiger partial charge < -0.3 is 24.8 Å². The van der Waals surface area contributed by atoms with Crippen molar-refractivity contribution in [2.45, 2.75) is 13.5 Å². The van der Waals surface area contributed by atoms with Crippen molar-refractivity contribution in [1.82, 2.24) is 10.6 Å². The van der Waals surface area contributed by atoms with Crippen molar-refractivity contribution in [2.75, 3.05) is 41.0 Å². The van der Waals surface area contributed by atoms with E-state index in [1.165, 1.54) is 0 Å². The SMILES string of the molecule is CCOCCNC(=NC)NCc1cc(Br)c(OC)c(OC)c1. The van der Waals surface area contributed by atoms with Gasteiger partial charge in [0.05, 0.1) is 25.3 Å². The van der Waals surface area contributed by atoms with Crippen molar-refractivity contribution >= 4 is 21.9 Å². The molecule has 0 atom stereocenters. The summed E-state index contributed by atoms with van der Waals surface area (Å²) >= 11 is 3.49.